The Kier molecular flexibility index (Phi) is 2.86. The van der Waals surface area contributed by atoms with Crippen molar-refractivity contribution in [3.63, 3.8) is 0 Å². The highest BCUT2D eigenvalue weighted by Gasteiger charge is 1.93. The SMILES string of the molecule is Brc1cccc(C#CC2=CC=CC2)c1. The van der Waals surface area contributed by atoms with Gasteiger partial charge >= 0.3 is 0 Å². The maximum Gasteiger partial charge on any atom is 0.0260 e. The van der Waals surface area contributed by atoms with Crippen LogP contribution in [0.1, 0.15) is 12.0 Å². The number of benzene rings is 1. The van der Waals surface area contributed by atoms with Crippen LogP contribution in [-0.4, -0.2) is 0 Å². The summed E-state index contributed by atoms with van der Waals surface area (Å²) in [6.45, 7) is 0. The molecule has 0 heterocycles. The molecule has 0 radical (unpaired) electrons. The first-order valence-corrected chi connectivity index (χ1v) is 5.27. The maximum atomic E-state index is 3.42. The van der Waals surface area contributed by atoms with E-state index in [1.54, 1.807) is 0 Å². The Hall–Kier alpha value is -1.26. The van der Waals surface area contributed by atoms with Crippen LogP contribution >= 0.6 is 15.9 Å². The summed E-state index contributed by atoms with van der Waals surface area (Å²) in [7, 11) is 0. The summed E-state index contributed by atoms with van der Waals surface area (Å²) < 4.78 is 1.07. The average molecular weight is 245 g/mol. The van der Waals surface area contributed by atoms with Crippen LogP contribution in [0.25, 0.3) is 0 Å². The van der Waals surface area contributed by atoms with Gasteiger partial charge in [-0.2, -0.15) is 0 Å². The van der Waals surface area contributed by atoms with Gasteiger partial charge in [-0.3, -0.25) is 0 Å². The van der Waals surface area contributed by atoms with E-state index in [2.05, 4.69) is 39.9 Å². The van der Waals surface area contributed by atoms with Crippen LogP contribution in [0.15, 0.2) is 52.5 Å². The Morgan fingerprint density at radius 2 is 2.14 bits per heavy atom. The largest absolute Gasteiger partial charge is 0.0794 e. The molecular weight excluding hydrogens is 236 g/mol. The molecule has 2 rings (SSSR count). The molecule has 1 aliphatic rings. The second-order valence-electron chi connectivity index (χ2n) is 3.08. The summed E-state index contributed by atoms with van der Waals surface area (Å²) in [4.78, 5) is 0. The predicted molar refractivity (Wildman–Crippen MR) is 62.9 cm³/mol. The fraction of sp³-hybridized carbons (Fsp3) is 0.0769. The van der Waals surface area contributed by atoms with Crippen LogP contribution in [0, 0.1) is 11.8 Å². The summed E-state index contributed by atoms with van der Waals surface area (Å²) in [5.41, 5.74) is 2.23. The first-order valence-electron chi connectivity index (χ1n) is 4.48. The van der Waals surface area contributed by atoms with Crippen LogP contribution in [0.4, 0.5) is 0 Å². The molecule has 0 atom stereocenters. The molecule has 0 aliphatic heterocycles. The van der Waals surface area contributed by atoms with E-state index in [0.717, 1.165) is 16.5 Å². The topological polar surface area (TPSA) is 0 Å². The average Bonchev–Trinajstić information content (AvgIpc) is 2.67. The molecule has 1 aromatic rings. The van der Waals surface area contributed by atoms with Gasteiger partial charge in [-0.15, -0.1) is 0 Å². The number of hydrogen-bond acceptors (Lipinski definition) is 0. The third-order valence-electron chi connectivity index (χ3n) is 1.96. The lowest BCUT2D eigenvalue weighted by atomic mass is 10.2. The van der Waals surface area contributed by atoms with Gasteiger partial charge in [0.2, 0.25) is 0 Å². The predicted octanol–water partition coefficient (Wildman–Crippen LogP) is 3.69. The van der Waals surface area contributed by atoms with Crippen molar-refractivity contribution < 1.29 is 0 Å². The van der Waals surface area contributed by atoms with Gasteiger partial charge in [0, 0.05) is 15.6 Å². The van der Waals surface area contributed by atoms with Crippen molar-refractivity contribution in [2.45, 2.75) is 6.42 Å². The van der Waals surface area contributed by atoms with Gasteiger partial charge in [0.25, 0.3) is 0 Å². The first-order chi connectivity index (χ1) is 6.84. The van der Waals surface area contributed by atoms with Crippen LogP contribution in [0.3, 0.4) is 0 Å². The van der Waals surface area contributed by atoms with Crippen molar-refractivity contribution in [1.29, 1.82) is 0 Å². The summed E-state index contributed by atoms with van der Waals surface area (Å²) in [6.07, 6.45) is 7.20. The monoisotopic (exact) mass is 244 g/mol. The van der Waals surface area contributed by atoms with Gasteiger partial charge in [0.1, 0.15) is 0 Å². The lowest BCUT2D eigenvalue weighted by Crippen LogP contribution is -1.75. The van der Waals surface area contributed by atoms with Crippen LogP contribution in [0.5, 0.6) is 0 Å². The molecule has 0 saturated heterocycles. The minimum atomic E-state index is 0.973. The van der Waals surface area contributed by atoms with E-state index >= 15 is 0 Å². The van der Waals surface area contributed by atoms with E-state index in [4.69, 9.17) is 0 Å². The molecule has 0 N–H and O–H groups in total. The molecule has 14 heavy (non-hydrogen) atoms. The minimum absolute atomic E-state index is 0.973. The molecule has 1 heteroatoms. The van der Waals surface area contributed by atoms with E-state index in [9.17, 15) is 0 Å². The molecule has 0 fully saturated rings. The Morgan fingerprint density at radius 1 is 1.21 bits per heavy atom. The van der Waals surface area contributed by atoms with Crippen LogP contribution in [0.2, 0.25) is 0 Å². The third kappa shape index (κ3) is 2.37. The van der Waals surface area contributed by atoms with E-state index in [1.807, 2.05) is 30.3 Å². The normalized spacial score (nSPS) is 13.4. The van der Waals surface area contributed by atoms with Gasteiger partial charge in [0.15, 0.2) is 0 Å². The quantitative estimate of drug-likeness (QED) is 0.611. The second kappa shape index (κ2) is 4.30. The van der Waals surface area contributed by atoms with Crippen molar-refractivity contribution in [2.24, 2.45) is 0 Å². The van der Waals surface area contributed by atoms with Gasteiger partial charge in [-0.1, -0.05) is 52.1 Å². The van der Waals surface area contributed by atoms with Crippen LogP contribution < -0.4 is 0 Å². The lowest BCUT2D eigenvalue weighted by molar-refractivity contribution is 1.36. The van der Waals surface area contributed by atoms with E-state index < -0.39 is 0 Å². The Labute approximate surface area is 92.5 Å². The Morgan fingerprint density at radius 3 is 2.86 bits per heavy atom. The molecule has 0 saturated carbocycles. The molecule has 0 unspecified atom stereocenters. The highest BCUT2D eigenvalue weighted by molar-refractivity contribution is 9.10. The summed E-state index contributed by atoms with van der Waals surface area (Å²) in [6, 6.07) is 8.04. The Balaban J connectivity index is 2.17. The van der Waals surface area contributed by atoms with Crippen molar-refractivity contribution in [3.8, 4) is 11.8 Å². The third-order valence-corrected chi connectivity index (χ3v) is 2.46. The molecule has 0 aromatic heterocycles. The van der Waals surface area contributed by atoms with E-state index in [0.29, 0.717) is 0 Å². The number of rotatable bonds is 0. The van der Waals surface area contributed by atoms with Crippen LogP contribution in [-0.2, 0) is 0 Å². The minimum Gasteiger partial charge on any atom is -0.0794 e. The molecule has 0 amide bonds. The molecule has 0 bridgehead atoms. The molecule has 1 aromatic carbocycles. The van der Waals surface area contributed by atoms with Crippen molar-refractivity contribution in [3.05, 3.63) is 58.1 Å². The van der Waals surface area contributed by atoms with E-state index in [1.165, 1.54) is 5.57 Å². The van der Waals surface area contributed by atoms with Crippen molar-refractivity contribution >= 4 is 15.9 Å². The number of halogens is 1. The second-order valence-corrected chi connectivity index (χ2v) is 4.00. The molecular formula is C13H9Br. The maximum absolute atomic E-state index is 3.42. The van der Waals surface area contributed by atoms with Crippen molar-refractivity contribution in [2.75, 3.05) is 0 Å². The van der Waals surface area contributed by atoms with Gasteiger partial charge in [-0.25, -0.2) is 0 Å². The summed E-state index contributed by atoms with van der Waals surface area (Å²) in [5, 5.41) is 0. The fourth-order valence-corrected chi connectivity index (χ4v) is 1.66. The van der Waals surface area contributed by atoms with E-state index in [-0.39, 0.29) is 0 Å². The molecule has 0 spiro atoms. The molecule has 68 valence electrons. The number of allylic oxidation sites excluding steroid dienone is 4. The highest BCUT2D eigenvalue weighted by atomic mass is 79.9. The smallest absolute Gasteiger partial charge is 0.0260 e. The zero-order chi connectivity index (χ0) is 9.80. The Bertz CT molecular complexity index is 456. The van der Waals surface area contributed by atoms with Crippen molar-refractivity contribution in [1.82, 2.24) is 0 Å². The first kappa shape index (κ1) is 9.30. The standard InChI is InChI=1S/C13H9Br/c14-13-7-3-6-12(10-13)9-8-11-4-1-2-5-11/h1-4,6-7,10H,5H2. The number of hydrogen-bond donors (Lipinski definition) is 0. The van der Waals surface area contributed by atoms with Gasteiger partial charge in [0.05, 0.1) is 0 Å². The summed E-state index contributed by atoms with van der Waals surface area (Å²) >= 11 is 3.42. The van der Waals surface area contributed by atoms with Gasteiger partial charge in [-0.05, 0) is 24.6 Å². The summed E-state index contributed by atoms with van der Waals surface area (Å²) in [5.74, 6) is 6.29. The van der Waals surface area contributed by atoms with Gasteiger partial charge < -0.3 is 0 Å². The lowest BCUT2D eigenvalue weighted by Gasteiger charge is -1.91. The molecule has 0 nitrogen and oxygen atoms in total. The highest BCUT2D eigenvalue weighted by Crippen LogP contribution is 2.12. The molecule has 1 aliphatic carbocycles. The zero-order valence-corrected chi connectivity index (χ0v) is 9.21. The fourth-order valence-electron chi connectivity index (χ4n) is 1.26. The zero-order valence-electron chi connectivity index (χ0n) is 7.63.